The van der Waals surface area contributed by atoms with Crippen molar-refractivity contribution in [1.29, 1.82) is 0 Å². The van der Waals surface area contributed by atoms with Gasteiger partial charge in [0.05, 0.1) is 0 Å². The predicted octanol–water partition coefficient (Wildman–Crippen LogP) is 4.42. The Morgan fingerprint density at radius 3 is 2.15 bits per heavy atom. The summed E-state index contributed by atoms with van der Waals surface area (Å²) in [4.78, 5) is 0. The van der Waals surface area contributed by atoms with Crippen LogP contribution in [0, 0.1) is 0 Å². The molecule has 0 aliphatic heterocycles. The standard InChI is InChI=1S/C13H20/c1-3-5-7-9-11-13-12-10-8-6-4-2/h3,5-9,11,13H,4,10,12H2,1-2H3. The van der Waals surface area contributed by atoms with Gasteiger partial charge in [-0.3, -0.25) is 0 Å². The molecule has 0 heteroatoms. The van der Waals surface area contributed by atoms with Gasteiger partial charge in [-0.2, -0.15) is 0 Å². The Hall–Kier alpha value is -1.04. The monoisotopic (exact) mass is 176 g/mol. The maximum absolute atomic E-state index is 2.24. The summed E-state index contributed by atoms with van der Waals surface area (Å²) in [5.74, 6) is 0. The van der Waals surface area contributed by atoms with Gasteiger partial charge in [0.2, 0.25) is 0 Å². The average Bonchev–Trinajstić information content (AvgIpc) is 2.16. The van der Waals surface area contributed by atoms with Gasteiger partial charge in [-0.15, -0.1) is 0 Å². The summed E-state index contributed by atoms with van der Waals surface area (Å²) in [6, 6.07) is 0. The van der Waals surface area contributed by atoms with E-state index >= 15 is 0 Å². The molecule has 0 unspecified atom stereocenters. The maximum atomic E-state index is 2.24. The molecule has 0 spiro atoms. The van der Waals surface area contributed by atoms with E-state index in [1.807, 2.05) is 25.2 Å². The highest BCUT2D eigenvalue weighted by Gasteiger charge is 1.73. The molecule has 0 amide bonds. The molecule has 0 aliphatic carbocycles. The molecule has 0 atom stereocenters. The smallest absolute Gasteiger partial charge is 0.0313 e. The average molecular weight is 176 g/mol. The second-order valence-electron chi connectivity index (χ2n) is 2.80. The fourth-order valence-electron chi connectivity index (χ4n) is 0.891. The van der Waals surface area contributed by atoms with Crippen molar-refractivity contribution in [3.8, 4) is 0 Å². The quantitative estimate of drug-likeness (QED) is 0.319. The van der Waals surface area contributed by atoms with Crippen molar-refractivity contribution in [2.75, 3.05) is 0 Å². The molecule has 0 rings (SSSR count). The third-order valence-electron chi connectivity index (χ3n) is 1.56. The summed E-state index contributed by atoms with van der Waals surface area (Å²) in [5, 5.41) is 0. The van der Waals surface area contributed by atoms with E-state index < -0.39 is 0 Å². The lowest BCUT2D eigenvalue weighted by molar-refractivity contribution is 1.04. The fourth-order valence-corrected chi connectivity index (χ4v) is 0.891. The Balaban J connectivity index is 3.36. The van der Waals surface area contributed by atoms with Gasteiger partial charge in [-0.05, 0) is 26.2 Å². The molecule has 0 aromatic rings. The minimum absolute atomic E-state index is 1.14. The molecule has 0 nitrogen and oxygen atoms in total. The number of hydrogen-bond donors (Lipinski definition) is 0. The van der Waals surface area contributed by atoms with Gasteiger partial charge in [0, 0.05) is 0 Å². The molecular formula is C13H20. The predicted molar refractivity (Wildman–Crippen MR) is 61.8 cm³/mol. The van der Waals surface area contributed by atoms with Gasteiger partial charge in [0.25, 0.3) is 0 Å². The van der Waals surface area contributed by atoms with Crippen molar-refractivity contribution in [2.24, 2.45) is 0 Å². The third-order valence-corrected chi connectivity index (χ3v) is 1.56. The van der Waals surface area contributed by atoms with Crippen molar-refractivity contribution < 1.29 is 0 Å². The summed E-state index contributed by atoms with van der Waals surface area (Å²) >= 11 is 0. The van der Waals surface area contributed by atoms with Crippen LogP contribution in [0.4, 0.5) is 0 Å². The van der Waals surface area contributed by atoms with Gasteiger partial charge in [-0.1, -0.05) is 55.5 Å². The maximum Gasteiger partial charge on any atom is -0.0313 e. The summed E-state index contributed by atoms with van der Waals surface area (Å²) in [7, 11) is 0. The van der Waals surface area contributed by atoms with E-state index in [1.165, 1.54) is 0 Å². The largest absolute Gasteiger partial charge is 0.0888 e. The summed E-state index contributed by atoms with van der Waals surface area (Å²) in [5.41, 5.74) is 0. The van der Waals surface area contributed by atoms with Crippen LogP contribution in [0.5, 0.6) is 0 Å². The zero-order chi connectivity index (χ0) is 9.78. The summed E-state index contributed by atoms with van der Waals surface area (Å²) in [6.07, 6.45) is 20.3. The fraction of sp³-hybridized carbons (Fsp3) is 0.385. The lowest BCUT2D eigenvalue weighted by atomic mass is 10.2. The number of rotatable bonds is 6. The highest BCUT2D eigenvalue weighted by Crippen LogP contribution is 1.94. The van der Waals surface area contributed by atoms with Crippen LogP contribution in [-0.4, -0.2) is 0 Å². The number of allylic oxidation sites excluding steroid dienone is 8. The molecule has 0 fully saturated rings. The van der Waals surface area contributed by atoms with Crippen LogP contribution in [0.25, 0.3) is 0 Å². The normalized spacial score (nSPS) is 13.1. The molecule has 0 aromatic heterocycles. The van der Waals surface area contributed by atoms with E-state index in [0.717, 1.165) is 19.3 Å². The van der Waals surface area contributed by atoms with Crippen molar-refractivity contribution in [3.63, 3.8) is 0 Å². The Bertz CT molecular complexity index is 192. The third kappa shape index (κ3) is 11.0. The van der Waals surface area contributed by atoms with Crippen molar-refractivity contribution in [1.82, 2.24) is 0 Å². The second-order valence-corrected chi connectivity index (χ2v) is 2.80. The highest BCUT2D eigenvalue weighted by atomic mass is 13.8. The topological polar surface area (TPSA) is 0 Å². The van der Waals surface area contributed by atoms with Crippen molar-refractivity contribution >= 4 is 0 Å². The minimum atomic E-state index is 1.14. The zero-order valence-corrected chi connectivity index (χ0v) is 8.74. The van der Waals surface area contributed by atoms with Crippen molar-refractivity contribution in [2.45, 2.75) is 33.1 Å². The molecule has 0 bridgehead atoms. The molecule has 0 radical (unpaired) electrons. The molecule has 0 heterocycles. The van der Waals surface area contributed by atoms with Crippen LogP contribution in [0.15, 0.2) is 48.6 Å². The molecule has 13 heavy (non-hydrogen) atoms. The first-order valence-corrected chi connectivity index (χ1v) is 5.01. The van der Waals surface area contributed by atoms with E-state index in [0.29, 0.717) is 0 Å². The van der Waals surface area contributed by atoms with Gasteiger partial charge in [0.1, 0.15) is 0 Å². The van der Waals surface area contributed by atoms with E-state index in [1.54, 1.807) is 0 Å². The van der Waals surface area contributed by atoms with Gasteiger partial charge >= 0.3 is 0 Å². The summed E-state index contributed by atoms with van der Waals surface area (Å²) in [6.45, 7) is 4.18. The van der Waals surface area contributed by atoms with Crippen LogP contribution in [0.3, 0.4) is 0 Å². The molecule has 0 saturated carbocycles. The van der Waals surface area contributed by atoms with E-state index in [4.69, 9.17) is 0 Å². The van der Waals surface area contributed by atoms with Gasteiger partial charge in [-0.25, -0.2) is 0 Å². The zero-order valence-electron chi connectivity index (χ0n) is 8.74. The first-order chi connectivity index (χ1) is 6.41. The molecule has 0 N–H and O–H groups in total. The van der Waals surface area contributed by atoms with E-state index in [-0.39, 0.29) is 0 Å². The second kappa shape index (κ2) is 11.0. The number of unbranched alkanes of at least 4 members (excludes halogenated alkanes) is 1. The van der Waals surface area contributed by atoms with Gasteiger partial charge in [0.15, 0.2) is 0 Å². The Labute approximate surface area is 82.4 Å². The summed E-state index contributed by atoms with van der Waals surface area (Å²) < 4.78 is 0. The highest BCUT2D eigenvalue weighted by molar-refractivity contribution is 5.10. The van der Waals surface area contributed by atoms with E-state index in [9.17, 15) is 0 Å². The molecule has 72 valence electrons. The Morgan fingerprint density at radius 2 is 1.46 bits per heavy atom. The first kappa shape index (κ1) is 12.0. The van der Waals surface area contributed by atoms with E-state index in [2.05, 4.69) is 37.3 Å². The minimum Gasteiger partial charge on any atom is -0.0888 e. The van der Waals surface area contributed by atoms with Crippen LogP contribution in [0.2, 0.25) is 0 Å². The Morgan fingerprint density at radius 1 is 0.769 bits per heavy atom. The van der Waals surface area contributed by atoms with Crippen molar-refractivity contribution in [3.05, 3.63) is 48.6 Å². The number of hydrogen-bond acceptors (Lipinski definition) is 0. The van der Waals surface area contributed by atoms with Gasteiger partial charge < -0.3 is 0 Å². The SMILES string of the molecule is CC=CC=CC=CCCC=CCC. The molecule has 0 aromatic carbocycles. The lowest BCUT2D eigenvalue weighted by Gasteiger charge is -1.84. The molecule has 0 saturated heterocycles. The Kier molecular flexibility index (Phi) is 10.1. The first-order valence-electron chi connectivity index (χ1n) is 5.01. The van der Waals surface area contributed by atoms with Crippen LogP contribution in [-0.2, 0) is 0 Å². The molecular weight excluding hydrogens is 156 g/mol. The lowest BCUT2D eigenvalue weighted by Crippen LogP contribution is -1.63. The van der Waals surface area contributed by atoms with Crippen LogP contribution < -0.4 is 0 Å². The molecule has 0 aliphatic rings. The van der Waals surface area contributed by atoms with Crippen LogP contribution >= 0.6 is 0 Å². The van der Waals surface area contributed by atoms with Crippen LogP contribution in [0.1, 0.15) is 33.1 Å².